The third-order valence-corrected chi connectivity index (χ3v) is 5.08. The van der Waals surface area contributed by atoms with Gasteiger partial charge in [0, 0.05) is 22.2 Å². The number of alkyl halides is 3. The van der Waals surface area contributed by atoms with Crippen LogP contribution >= 0.6 is 0 Å². The number of carbonyl (C=O) groups is 1. The van der Waals surface area contributed by atoms with Crippen LogP contribution < -0.4 is 10.5 Å². The summed E-state index contributed by atoms with van der Waals surface area (Å²) in [5.41, 5.74) is 5.97. The molecule has 0 saturated carbocycles. The molecule has 0 bridgehead atoms. The number of halogens is 3. The Morgan fingerprint density at radius 3 is 2.94 bits per heavy atom. The molecule has 5 rings (SSSR count). The Kier molecular flexibility index (Phi) is 3.20. The van der Waals surface area contributed by atoms with Gasteiger partial charge in [-0.15, -0.1) is 0 Å². The van der Waals surface area contributed by atoms with Crippen molar-refractivity contribution in [1.82, 2.24) is 19.3 Å². The normalized spacial score (nSPS) is 20.5. The SMILES string of the molecule is [2H]C([2H])([2H])N(C(=O)c1ccc2nc(N)c3cncn3c2c1)[C@]1([2H])COc2cc(C(F)(F)F)ccc21. The highest BCUT2D eigenvalue weighted by atomic mass is 19.4. The predicted octanol–water partition coefficient (Wildman–Crippen LogP) is 3.69. The van der Waals surface area contributed by atoms with Gasteiger partial charge in [0.2, 0.25) is 0 Å². The highest BCUT2D eigenvalue weighted by Crippen LogP contribution is 2.40. The molecule has 0 unspecified atom stereocenters. The lowest BCUT2D eigenvalue weighted by atomic mass is 10.0. The maximum absolute atomic E-state index is 13.5. The molecule has 0 spiro atoms. The second kappa shape index (κ2) is 6.59. The molecule has 1 aliphatic heterocycles. The second-order valence-electron chi connectivity index (χ2n) is 6.93. The van der Waals surface area contributed by atoms with E-state index in [1.807, 2.05) is 0 Å². The van der Waals surface area contributed by atoms with E-state index in [2.05, 4.69) is 9.97 Å². The third kappa shape index (κ3) is 3.02. The summed E-state index contributed by atoms with van der Waals surface area (Å²) in [4.78, 5) is 22.2. The fourth-order valence-electron chi connectivity index (χ4n) is 3.52. The number of imidazole rings is 1. The first-order valence-electron chi connectivity index (χ1n) is 11.0. The molecule has 0 saturated heterocycles. The zero-order valence-corrected chi connectivity index (χ0v) is 15.6. The van der Waals surface area contributed by atoms with E-state index in [0.29, 0.717) is 27.5 Å². The van der Waals surface area contributed by atoms with Crippen LogP contribution in [-0.2, 0) is 6.18 Å². The van der Waals surface area contributed by atoms with Crippen molar-refractivity contribution in [1.29, 1.82) is 0 Å². The number of hydrogen-bond acceptors (Lipinski definition) is 5. The summed E-state index contributed by atoms with van der Waals surface area (Å²) in [6.07, 6.45) is -1.73. The molecule has 1 atom stereocenters. The number of fused-ring (bicyclic) bond motifs is 4. The van der Waals surface area contributed by atoms with E-state index in [0.717, 1.165) is 12.1 Å². The van der Waals surface area contributed by atoms with Gasteiger partial charge < -0.3 is 15.4 Å². The third-order valence-electron chi connectivity index (χ3n) is 5.08. The predicted molar refractivity (Wildman–Crippen MR) is 107 cm³/mol. The lowest BCUT2D eigenvalue weighted by molar-refractivity contribution is -0.137. The van der Waals surface area contributed by atoms with Crippen molar-refractivity contribution in [2.24, 2.45) is 0 Å². The number of benzene rings is 2. The number of amides is 1. The highest BCUT2D eigenvalue weighted by Gasteiger charge is 2.36. The first kappa shape index (κ1) is 15.1. The highest BCUT2D eigenvalue weighted by molar-refractivity contribution is 5.98. The van der Waals surface area contributed by atoms with Gasteiger partial charge in [-0.1, -0.05) is 6.07 Å². The Labute approximate surface area is 179 Å². The van der Waals surface area contributed by atoms with Crippen molar-refractivity contribution in [3.8, 4) is 5.75 Å². The van der Waals surface area contributed by atoms with E-state index in [9.17, 15) is 18.0 Å². The van der Waals surface area contributed by atoms with Gasteiger partial charge in [0.25, 0.3) is 5.91 Å². The summed E-state index contributed by atoms with van der Waals surface area (Å²) in [5.74, 6) is -1.14. The zero-order chi connectivity index (χ0) is 25.3. The van der Waals surface area contributed by atoms with Crippen LogP contribution in [-0.4, -0.2) is 38.8 Å². The minimum atomic E-state index is -4.66. The van der Waals surface area contributed by atoms with Gasteiger partial charge >= 0.3 is 6.18 Å². The fraction of sp³-hybridized carbons (Fsp3) is 0.190. The molecule has 7 nitrogen and oxygen atoms in total. The van der Waals surface area contributed by atoms with Gasteiger partial charge in [-0.05, 0) is 30.3 Å². The molecule has 2 aromatic heterocycles. The Bertz CT molecular complexity index is 1500. The van der Waals surface area contributed by atoms with E-state index in [-0.39, 0.29) is 22.7 Å². The number of anilines is 1. The van der Waals surface area contributed by atoms with Gasteiger partial charge in [0.1, 0.15) is 23.7 Å². The van der Waals surface area contributed by atoms with E-state index in [1.165, 1.54) is 30.7 Å². The van der Waals surface area contributed by atoms with Gasteiger partial charge in [-0.2, -0.15) is 13.2 Å². The smallest absolute Gasteiger partial charge is 0.416 e. The quantitative estimate of drug-likeness (QED) is 0.523. The van der Waals surface area contributed by atoms with Gasteiger partial charge in [0.15, 0.2) is 0 Å². The van der Waals surface area contributed by atoms with E-state index in [1.54, 1.807) is 4.40 Å². The minimum Gasteiger partial charge on any atom is -0.491 e. The molecule has 3 heterocycles. The van der Waals surface area contributed by atoms with Gasteiger partial charge in [-0.25, -0.2) is 9.97 Å². The Morgan fingerprint density at radius 1 is 1.32 bits per heavy atom. The molecule has 0 radical (unpaired) electrons. The van der Waals surface area contributed by atoms with Crippen LogP contribution in [0.4, 0.5) is 19.0 Å². The van der Waals surface area contributed by atoms with Crippen LogP contribution in [0.3, 0.4) is 0 Å². The second-order valence-corrected chi connectivity index (χ2v) is 6.93. The molecule has 158 valence electrons. The first-order chi connectivity index (χ1) is 16.3. The van der Waals surface area contributed by atoms with Crippen molar-refractivity contribution >= 4 is 28.3 Å². The van der Waals surface area contributed by atoms with Crippen molar-refractivity contribution in [3.63, 3.8) is 0 Å². The monoisotopic (exact) mass is 431 g/mol. The standard InChI is InChI=1S/C21H16F3N5O2/c1-28(17-9-31-18-7-12(21(22,23)24)3-4-13(17)18)20(30)11-2-5-14-15(6-11)29-10-26-8-16(29)19(25)27-14/h2-8,10,17H,9H2,1H3,(H2,25,27)/t17-/m1/s1/i1D3,17D. The van der Waals surface area contributed by atoms with E-state index in [4.69, 9.17) is 16.0 Å². The summed E-state index contributed by atoms with van der Waals surface area (Å²) < 4.78 is 79.0. The zero-order valence-electron chi connectivity index (χ0n) is 19.6. The van der Waals surface area contributed by atoms with Crippen molar-refractivity contribution < 1.29 is 28.2 Å². The number of aromatic nitrogens is 3. The van der Waals surface area contributed by atoms with Crippen LogP contribution in [0.1, 0.15) is 33.0 Å². The molecule has 2 aromatic carbocycles. The summed E-state index contributed by atoms with van der Waals surface area (Å²) in [5, 5.41) is 0. The summed E-state index contributed by atoms with van der Waals surface area (Å²) >= 11 is 0. The molecule has 31 heavy (non-hydrogen) atoms. The Hall–Kier alpha value is -3.82. The average molecular weight is 431 g/mol. The van der Waals surface area contributed by atoms with Crippen molar-refractivity contribution in [2.75, 3.05) is 19.3 Å². The lowest BCUT2D eigenvalue weighted by Gasteiger charge is -2.24. The number of likely N-dealkylation sites (N-methyl/N-ethyl adjacent to an activating group) is 1. The van der Waals surface area contributed by atoms with E-state index >= 15 is 0 Å². The van der Waals surface area contributed by atoms with Crippen LogP contribution in [0.25, 0.3) is 16.6 Å². The molecule has 2 N–H and O–H groups in total. The summed E-state index contributed by atoms with van der Waals surface area (Å²) in [6, 6.07) is 4.28. The summed E-state index contributed by atoms with van der Waals surface area (Å²) in [6.45, 7) is -3.78. The molecular weight excluding hydrogens is 411 g/mol. The topological polar surface area (TPSA) is 85.8 Å². The van der Waals surface area contributed by atoms with Gasteiger partial charge in [-0.3, -0.25) is 9.20 Å². The molecule has 0 aliphatic carbocycles. The first-order valence-corrected chi connectivity index (χ1v) is 9.01. The molecule has 1 aliphatic rings. The van der Waals surface area contributed by atoms with Gasteiger partial charge in [0.05, 0.1) is 36.5 Å². The number of nitrogens with zero attached hydrogens (tertiary/aromatic N) is 4. The number of ether oxygens (including phenoxy) is 1. The number of hydrogen-bond donors (Lipinski definition) is 1. The number of carbonyl (C=O) groups excluding carboxylic acids is 1. The van der Waals surface area contributed by atoms with Crippen LogP contribution in [0, 0.1) is 0 Å². The molecule has 4 aromatic rings. The molecule has 1 amide bonds. The van der Waals surface area contributed by atoms with Crippen LogP contribution in [0.5, 0.6) is 5.75 Å². The largest absolute Gasteiger partial charge is 0.491 e. The van der Waals surface area contributed by atoms with E-state index < -0.39 is 37.2 Å². The number of rotatable bonds is 2. The fourth-order valence-corrected chi connectivity index (χ4v) is 3.52. The maximum atomic E-state index is 13.5. The summed E-state index contributed by atoms with van der Waals surface area (Å²) in [7, 11) is 0. The Balaban J connectivity index is 1.62. The Morgan fingerprint density at radius 2 is 2.16 bits per heavy atom. The molecular formula is C21H16F3N5O2. The number of nitrogen functional groups attached to an aromatic ring is 1. The minimum absolute atomic E-state index is 0.0813. The molecule has 10 heteroatoms. The van der Waals surface area contributed by atoms with Crippen molar-refractivity contribution in [3.05, 3.63) is 65.6 Å². The maximum Gasteiger partial charge on any atom is 0.416 e. The van der Waals surface area contributed by atoms with Crippen LogP contribution in [0.2, 0.25) is 0 Å². The number of nitrogens with two attached hydrogens (primary N) is 1. The average Bonchev–Trinajstić information content (AvgIpc) is 3.38. The molecule has 0 fully saturated rings. The van der Waals surface area contributed by atoms with Crippen molar-refractivity contribution in [2.45, 2.75) is 12.2 Å². The lowest BCUT2D eigenvalue weighted by Crippen LogP contribution is -2.32. The van der Waals surface area contributed by atoms with Crippen LogP contribution in [0.15, 0.2) is 48.9 Å².